The predicted octanol–water partition coefficient (Wildman–Crippen LogP) is 2.77. The molecule has 0 radical (unpaired) electrons. The fourth-order valence-electron chi connectivity index (χ4n) is 1.71. The number of nitrogens with one attached hydrogen (secondary N) is 1. The second-order valence-corrected chi connectivity index (χ2v) is 4.26. The molecule has 21 heavy (non-hydrogen) atoms. The molecule has 0 unspecified atom stereocenters. The van der Waals surface area contributed by atoms with Gasteiger partial charge in [0.2, 0.25) is 0 Å². The average Bonchev–Trinajstić information content (AvgIpc) is 2.95. The van der Waals surface area contributed by atoms with E-state index in [0.29, 0.717) is 24.5 Å². The van der Waals surface area contributed by atoms with E-state index in [1.807, 2.05) is 0 Å². The maximum atomic E-state index is 11.5. The highest BCUT2D eigenvalue weighted by Gasteiger charge is 2.08. The van der Waals surface area contributed by atoms with Crippen molar-refractivity contribution < 1.29 is 23.8 Å². The van der Waals surface area contributed by atoms with E-state index in [-0.39, 0.29) is 11.5 Å². The number of hydrogen-bond acceptors (Lipinski definition) is 5. The Labute approximate surface area is 121 Å². The van der Waals surface area contributed by atoms with Crippen LogP contribution in [-0.2, 0) is 11.3 Å². The van der Waals surface area contributed by atoms with Gasteiger partial charge in [0.1, 0.15) is 12.0 Å². The molecule has 110 valence electrons. The first-order valence-electron chi connectivity index (χ1n) is 6.42. The van der Waals surface area contributed by atoms with Crippen LogP contribution in [0.1, 0.15) is 33.4 Å². The largest absolute Gasteiger partial charge is 0.478 e. The van der Waals surface area contributed by atoms with Crippen LogP contribution in [0.15, 0.2) is 41.0 Å². The zero-order valence-electron chi connectivity index (χ0n) is 11.5. The molecule has 0 spiro atoms. The number of ether oxygens (including phenoxy) is 1. The van der Waals surface area contributed by atoms with E-state index in [2.05, 4.69) is 5.32 Å². The zero-order chi connectivity index (χ0) is 15.2. The Bertz CT molecular complexity index is 630. The summed E-state index contributed by atoms with van der Waals surface area (Å²) >= 11 is 0. The lowest BCUT2D eigenvalue weighted by Crippen LogP contribution is -2.05. The maximum absolute atomic E-state index is 11.5. The van der Waals surface area contributed by atoms with Crippen LogP contribution in [0, 0.1) is 0 Å². The Hall–Kier alpha value is -2.76. The molecule has 1 heterocycles. The smallest absolute Gasteiger partial charge is 0.338 e. The van der Waals surface area contributed by atoms with Gasteiger partial charge in [-0.15, -0.1) is 0 Å². The van der Waals surface area contributed by atoms with Gasteiger partial charge < -0.3 is 19.6 Å². The lowest BCUT2D eigenvalue weighted by molar-refractivity contribution is 0.0526. The molecule has 0 fully saturated rings. The fraction of sp³-hybridized carbons (Fsp3) is 0.200. The predicted molar refractivity (Wildman–Crippen MR) is 75.4 cm³/mol. The van der Waals surface area contributed by atoms with Crippen LogP contribution in [0.5, 0.6) is 0 Å². The van der Waals surface area contributed by atoms with Crippen LogP contribution in [0.3, 0.4) is 0 Å². The van der Waals surface area contributed by atoms with Gasteiger partial charge in [-0.25, -0.2) is 9.59 Å². The van der Waals surface area contributed by atoms with Gasteiger partial charge >= 0.3 is 11.9 Å². The third-order valence-electron chi connectivity index (χ3n) is 2.76. The lowest BCUT2D eigenvalue weighted by Gasteiger charge is -2.06. The summed E-state index contributed by atoms with van der Waals surface area (Å²) in [7, 11) is 0. The van der Waals surface area contributed by atoms with E-state index in [1.54, 1.807) is 31.2 Å². The summed E-state index contributed by atoms with van der Waals surface area (Å²) in [5.74, 6) is -0.869. The molecule has 2 N–H and O–H groups in total. The molecule has 0 amide bonds. The van der Waals surface area contributed by atoms with E-state index in [1.165, 1.54) is 12.3 Å². The Morgan fingerprint density at radius 3 is 2.52 bits per heavy atom. The zero-order valence-corrected chi connectivity index (χ0v) is 11.5. The Kier molecular flexibility index (Phi) is 4.61. The van der Waals surface area contributed by atoms with Crippen molar-refractivity contribution in [2.45, 2.75) is 13.5 Å². The highest BCUT2D eigenvalue weighted by atomic mass is 16.5. The molecule has 0 aliphatic carbocycles. The molecule has 6 nitrogen and oxygen atoms in total. The minimum Gasteiger partial charge on any atom is -0.478 e. The van der Waals surface area contributed by atoms with E-state index in [0.717, 1.165) is 5.69 Å². The van der Waals surface area contributed by atoms with E-state index in [4.69, 9.17) is 14.3 Å². The first-order chi connectivity index (χ1) is 10.1. The summed E-state index contributed by atoms with van der Waals surface area (Å²) in [4.78, 5) is 22.2. The van der Waals surface area contributed by atoms with Crippen molar-refractivity contribution in [2.24, 2.45) is 0 Å². The molecular formula is C15H15NO5. The van der Waals surface area contributed by atoms with Crippen LogP contribution < -0.4 is 5.32 Å². The monoisotopic (exact) mass is 289 g/mol. The molecule has 6 heteroatoms. The summed E-state index contributed by atoms with van der Waals surface area (Å²) in [6.45, 7) is 2.44. The van der Waals surface area contributed by atoms with Crippen molar-refractivity contribution in [3.05, 3.63) is 53.5 Å². The van der Waals surface area contributed by atoms with Crippen molar-refractivity contribution in [2.75, 3.05) is 11.9 Å². The third kappa shape index (κ3) is 3.85. The van der Waals surface area contributed by atoms with E-state index >= 15 is 0 Å². The average molecular weight is 289 g/mol. The number of benzene rings is 1. The first-order valence-corrected chi connectivity index (χ1v) is 6.42. The van der Waals surface area contributed by atoms with Crippen LogP contribution in [0.2, 0.25) is 0 Å². The topological polar surface area (TPSA) is 88.8 Å². The van der Waals surface area contributed by atoms with Gasteiger partial charge in [0, 0.05) is 5.69 Å². The minimum atomic E-state index is -1.02. The molecule has 2 aromatic rings. The number of aromatic carboxylic acids is 1. The number of esters is 1. The number of carbonyl (C=O) groups is 2. The van der Waals surface area contributed by atoms with Crippen molar-refractivity contribution in [1.82, 2.24) is 0 Å². The van der Waals surface area contributed by atoms with Crippen molar-refractivity contribution in [3.63, 3.8) is 0 Å². The van der Waals surface area contributed by atoms with Crippen LogP contribution in [0.25, 0.3) is 0 Å². The van der Waals surface area contributed by atoms with E-state index < -0.39 is 5.97 Å². The lowest BCUT2D eigenvalue weighted by atomic mass is 10.2. The van der Waals surface area contributed by atoms with E-state index in [9.17, 15) is 9.59 Å². The Morgan fingerprint density at radius 1 is 1.24 bits per heavy atom. The van der Waals surface area contributed by atoms with Gasteiger partial charge in [-0.2, -0.15) is 0 Å². The number of furan rings is 1. The van der Waals surface area contributed by atoms with Gasteiger partial charge in [-0.1, -0.05) is 0 Å². The highest BCUT2D eigenvalue weighted by molar-refractivity contribution is 5.89. The number of anilines is 1. The van der Waals surface area contributed by atoms with Crippen molar-refractivity contribution in [1.29, 1.82) is 0 Å². The highest BCUT2D eigenvalue weighted by Crippen LogP contribution is 2.14. The summed E-state index contributed by atoms with van der Waals surface area (Å²) < 4.78 is 10.0. The molecule has 0 saturated carbocycles. The van der Waals surface area contributed by atoms with Crippen molar-refractivity contribution >= 4 is 17.6 Å². The number of carbonyl (C=O) groups excluding carboxylic acids is 1. The number of hydrogen-bond donors (Lipinski definition) is 2. The SMILES string of the molecule is CCOC(=O)c1ccc(NCc2cc(C(=O)O)co2)cc1. The normalized spacial score (nSPS) is 10.1. The van der Waals surface area contributed by atoms with Gasteiger partial charge in [0.15, 0.2) is 0 Å². The molecule has 0 aliphatic heterocycles. The Morgan fingerprint density at radius 2 is 1.95 bits per heavy atom. The Balaban J connectivity index is 1.94. The van der Waals surface area contributed by atoms with Gasteiger partial charge in [-0.05, 0) is 37.3 Å². The van der Waals surface area contributed by atoms with Crippen molar-refractivity contribution in [3.8, 4) is 0 Å². The molecular weight excluding hydrogens is 274 g/mol. The molecule has 0 aliphatic rings. The quantitative estimate of drug-likeness (QED) is 0.795. The number of carboxylic acid groups (broad SMARTS) is 1. The first kappa shape index (κ1) is 14.6. The van der Waals surface area contributed by atoms with Crippen LogP contribution >= 0.6 is 0 Å². The fourth-order valence-corrected chi connectivity index (χ4v) is 1.71. The number of rotatable bonds is 6. The van der Waals surface area contributed by atoms with Crippen LogP contribution in [-0.4, -0.2) is 23.7 Å². The standard InChI is InChI=1S/C15H15NO5/c1-2-20-15(19)10-3-5-12(6-4-10)16-8-13-7-11(9-21-13)14(17)18/h3-7,9,16H,2,8H2,1H3,(H,17,18). The molecule has 1 aromatic carbocycles. The summed E-state index contributed by atoms with van der Waals surface area (Å²) in [6, 6.07) is 8.26. The second kappa shape index (κ2) is 6.60. The minimum absolute atomic E-state index is 0.115. The second-order valence-electron chi connectivity index (χ2n) is 4.26. The number of carboxylic acids is 1. The van der Waals surface area contributed by atoms with Crippen LogP contribution in [0.4, 0.5) is 5.69 Å². The van der Waals surface area contributed by atoms with Gasteiger partial charge in [0.25, 0.3) is 0 Å². The molecule has 0 saturated heterocycles. The summed E-state index contributed by atoms with van der Waals surface area (Å²) in [5, 5.41) is 11.9. The molecule has 1 aromatic heterocycles. The molecule has 0 bridgehead atoms. The summed E-state index contributed by atoms with van der Waals surface area (Å²) in [6.07, 6.45) is 1.20. The summed E-state index contributed by atoms with van der Waals surface area (Å²) in [5.41, 5.74) is 1.38. The third-order valence-corrected chi connectivity index (χ3v) is 2.76. The van der Waals surface area contributed by atoms with Gasteiger partial charge in [-0.3, -0.25) is 0 Å². The van der Waals surface area contributed by atoms with Gasteiger partial charge in [0.05, 0.1) is 24.3 Å². The molecule has 0 atom stereocenters. The maximum Gasteiger partial charge on any atom is 0.338 e. The molecule has 2 rings (SSSR count).